The highest BCUT2D eigenvalue weighted by Crippen LogP contribution is 2.21. The lowest BCUT2D eigenvalue weighted by molar-refractivity contribution is 0.478. The third-order valence-corrected chi connectivity index (χ3v) is 2.76. The van der Waals surface area contributed by atoms with Gasteiger partial charge in [-0.2, -0.15) is 0 Å². The minimum atomic E-state index is 0.638. The fraction of sp³-hybridized carbons (Fsp3) is 0.700. The van der Waals surface area contributed by atoms with Crippen LogP contribution in [0, 0.1) is 6.92 Å². The van der Waals surface area contributed by atoms with Crippen LogP contribution < -0.4 is 4.90 Å². The van der Waals surface area contributed by atoms with Crippen molar-refractivity contribution in [1.82, 2.24) is 9.97 Å². The maximum absolute atomic E-state index is 4.36. The minimum Gasteiger partial charge on any atom is -0.340 e. The van der Waals surface area contributed by atoms with Gasteiger partial charge in [-0.15, -0.1) is 0 Å². The van der Waals surface area contributed by atoms with Crippen molar-refractivity contribution in [3.05, 3.63) is 11.9 Å². The van der Waals surface area contributed by atoms with Crippen LogP contribution in [0.1, 0.15) is 31.9 Å². The first-order valence-electron chi connectivity index (χ1n) is 5.05. The summed E-state index contributed by atoms with van der Waals surface area (Å²) in [6.07, 6.45) is 5.85. The van der Waals surface area contributed by atoms with E-state index in [2.05, 4.69) is 21.8 Å². The molecule has 1 N–H and O–H groups in total. The number of aryl methyl sites for hydroxylation is 1. The molecule has 0 bridgehead atoms. The molecule has 0 amide bonds. The number of piperidine rings is 1. The summed E-state index contributed by atoms with van der Waals surface area (Å²) < 4.78 is 0. The van der Waals surface area contributed by atoms with Crippen molar-refractivity contribution in [1.29, 1.82) is 0 Å². The Hall–Kier alpha value is -0.990. The average molecular weight is 179 g/mol. The Morgan fingerprint density at radius 3 is 3.00 bits per heavy atom. The molecule has 0 aliphatic carbocycles. The highest BCUT2D eigenvalue weighted by molar-refractivity contribution is 5.33. The monoisotopic (exact) mass is 179 g/mol. The summed E-state index contributed by atoms with van der Waals surface area (Å²) in [6.45, 7) is 5.47. The van der Waals surface area contributed by atoms with Gasteiger partial charge in [0.15, 0.2) is 0 Å². The molecule has 1 atom stereocenters. The van der Waals surface area contributed by atoms with Crippen molar-refractivity contribution in [3.8, 4) is 0 Å². The van der Waals surface area contributed by atoms with Gasteiger partial charge in [0.05, 0.1) is 0 Å². The Balaban J connectivity index is 2.14. The van der Waals surface area contributed by atoms with Gasteiger partial charge in [0.25, 0.3) is 0 Å². The van der Waals surface area contributed by atoms with Crippen LogP contribution >= 0.6 is 0 Å². The van der Waals surface area contributed by atoms with Crippen molar-refractivity contribution in [2.75, 3.05) is 11.4 Å². The maximum Gasteiger partial charge on any atom is 0.203 e. The number of aromatic amines is 1. The predicted molar refractivity (Wildman–Crippen MR) is 54.0 cm³/mol. The second kappa shape index (κ2) is 3.40. The van der Waals surface area contributed by atoms with Crippen LogP contribution in [-0.2, 0) is 0 Å². The minimum absolute atomic E-state index is 0.638. The number of aromatic nitrogens is 2. The summed E-state index contributed by atoms with van der Waals surface area (Å²) in [7, 11) is 0. The summed E-state index contributed by atoms with van der Waals surface area (Å²) in [5.74, 6) is 1.05. The smallest absolute Gasteiger partial charge is 0.203 e. The molecule has 3 nitrogen and oxygen atoms in total. The molecule has 1 aliphatic rings. The molecule has 0 radical (unpaired) electrons. The van der Waals surface area contributed by atoms with Gasteiger partial charge in [0, 0.05) is 24.5 Å². The second-order valence-corrected chi connectivity index (χ2v) is 3.93. The van der Waals surface area contributed by atoms with Crippen LogP contribution in [0.2, 0.25) is 0 Å². The number of nitrogens with zero attached hydrogens (tertiary/aromatic N) is 2. The zero-order valence-electron chi connectivity index (χ0n) is 8.38. The van der Waals surface area contributed by atoms with Gasteiger partial charge in [-0.1, -0.05) is 0 Å². The molecule has 1 aromatic rings. The third-order valence-electron chi connectivity index (χ3n) is 2.76. The fourth-order valence-corrected chi connectivity index (χ4v) is 1.96. The molecule has 0 saturated carbocycles. The van der Waals surface area contributed by atoms with E-state index in [1.807, 2.05) is 13.1 Å². The largest absolute Gasteiger partial charge is 0.340 e. The Morgan fingerprint density at radius 2 is 2.38 bits per heavy atom. The standard InChI is InChI=1S/C10H17N3/c1-8-7-11-10(12-8)13-6-4-3-5-9(13)2/h7,9H,3-6H2,1-2H3,(H,11,12). The molecule has 72 valence electrons. The number of H-pyrrole nitrogens is 1. The lowest BCUT2D eigenvalue weighted by atomic mass is 10.0. The summed E-state index contributed by atoms with van der Waals surface area (Å²) >= 11 is 0. The van der Waals surface area contributed by atoms with Crippen molar-refractivity contribution < 1.29 is 0 Å². The molecule has 1 fully saturated rings. The fourth-order valence-electron chi connectivity index (χ4n) is 1.96. The summed E-state index contributed by atoms with van der Waals surface area (Å²) in [5, 5.41) is 0. The van der Waals surface area contributed by atoms with Gasteiger partial charge in [0.2, 0.25) is 5.95 Å². The number of nitrogens with one attached hydrogen (secondary N) is 1. The molecule has 13 heavy (non-hydrogen) atoms. The van der Waals surface area contributed by atoms with Crippen molar-refractivity contribution in [2.45, 2.75) is 39.2 Å². The van der Waals surface area contributed by atoms with Gasteiger partial charge in [-0.25, -0.2) is 4.98 Å². The van der Waals surface area contributed by atoms with E-state index >= 15 is 0 Å². The Morgan fingerprint density at radius 1 is 1.54 bits per heavy atom. The third kappa shape index (κ3) is 1.69. The van der Waals surface area contributed by atoms with Crippen LogP contribution in [0.15, 0.2) is 6.20 Å². The number of imidazole rings is 1. The average Bonchev–Trinajstić information content (AvgIpc) is 2.53. The Labute approximate surface area is 79.2 Å². The van der Waals surface area contributed by atoms with Gasteiger partial charge in [0.1, 0.15) is 0 Å². The molecule has 0 aromatic carbocycles. The van der Waals surface area contributed by atoms with E-state index in [9.17, 15) is 0 Å². The number of rotatable bonds is 1. The van der Waals surface area contributed by atoms with E-state index in [-0.39, 0.29) is 0 Å². The van der Waals surface area contributed by atoms with E-state index < -0.39 is 0 Å². The van der Waals surface area contributed by atoms with E-state index in [4.69, 9.17) is 0 Å². The van der Waals surface area contributed by atoms with Gasteiger partial charge in [-0.05, 0) is 33.1 Å². The van der Waals surface area contributed by atoms with Crippen LogP contribution in [0.3, 0.4) is 0 Å². The first-order valence-corrected chi connectivity index (χ1v) is 5.05. The molecule has 3 heteroatoms. The summed E-state index contributed by atoms with van der Waals surface area (Å²) in [4.78, 5) is 10.0. The van der Waals surface area contributed by atoms with Gasteiger partial charge >= 0.3 is 0 Å². The molecular formula is C10H17N3. The SMILES string of the molecule is Cc1cnc(N2CCCCC2C)[nH]1. The van der Waals surface area contributed by atoms with E-state index in [1.54, 1.807) is 0 Å². The van der Waals surface area contributed by atoms with Crippen LogP contribution in [0.4, 0.5) is 5.95 Å². The second-order valence-electron chi connectivity index (χ2n) is 3.93. The van der Waals surface area contributed by atoms with Crippen LogP contribution in [-0.4, -0.2) is 22.6 Å². The summed E-state index contributed by atoms with van der Waals surface area (Å²) in [6, 6.07) is 0.638. The zero-order chi connectivity index (χ0) is 9.26. The van der Waals surface area contributed by atoms with Crippen molar-refractivity contribution >= 4 is 5.95 Å². The summed E-state index contributed by atoms with van der Waals surface area (Å²) in [5.41, 5.74) is 1.15. The highest BCUT2D eigenvalue weighted by atomic mass is 15.3. The first-order chi connectivity index (χ1) is 6.27. The van der Waals surface area contributed by atoms with Crippen LogP contribution in [0.5, 0.6) is 0 Å². The molecular weight excluding hydrogens is 162 g/mol. The van der Waals surface area contributed by atoms with E-state index in [0.29, 0.717) is 6.04 Å². The normalized spacial score (nSPS) is 23.5. The van der Waals surface area contributed by atoms with E-state index in [0.717, 1.165) is 18.2 Å². The topological polar surface area (TPSA) is 31.9 Å². The van der Waals surface area contributed by atoms with Crippen molar-refractivity contribution in [2.24, 2.45) is 0 Å². The lowest BCUT2D eigenvalue weighted by Gasteiger charge is -2.33. The molecule has 0 spiro atoms. The highest BCUT2D eigenvalue weighted by Gasteiger charge is 2.20. The molecule has 1 aromatic heterocycles. The molecule has 1 unspecified atom stereocenters. The van der Waals surface area contributed by atoms with Gasteiger partial charge in [-0.3, -0.25) is 0 Å². The number of anilines is 1. The maximum atomic E-state index is 4.36. The Bertz CT molecular complexity index is 279. The quantitative estimate of drug-likeness (QED) is 0.716. The predicted octanol–water partition coefficient (Wildman–Crippen LogP) is 2.10. The lowest BCUT2D eigenvalue weighted by Crippen LogP contribution is -2.38. The number of hydrogen-bond acceptors (Lipinski definition) is 2. The Kier molecular flexibility index (Phi) is 2.25. The molecule has 1 aliphatic heterocycles. The first kappa shape index (κ1) is 8.60. The van der Waals surface area contributed by atoms with Crippen LogP contribution in [0.25, 0.3) is 0 Å². The van der Waals surface area contributed by atoms with E-state index in [1.165, 1.54) is 19.3 Å². The number of hydrogen-bond donors (Lipinski definition) is 1. The van der Waals surface area contributed by atoms with Gasteiger partial charge < -0.3 is 9.88 Å². The molecule has 2 heterocycles. The molecule has 1 saturated heterocycles. The molecule has 2 rings (SSSR count). The van der Waals surface area contributed by atoms with Crippen molar-refractivity contribution in [3.63, 3.8) is 0 Å². The zero-order valence-corrected chi connectivity index (χ0v) is 8.38.